The van der Waals surface area contributed by atoms with Crippen molar-refractivity contribution in [1.29, 1.82) is 0 Å². The van der Waals surface area contributed by atoms with Gasteiger partial charge >= 0.3 is 0 Å². The average molecular weight is 302 g/mol. The van der Waals surface area contributed by atoms with Crippen molar-refractivity contribution in [3.63, 3.8) is 0 Å². The molecule has 0 aliphatic heterocycles. The highest BCUT2D eigenvalue weighted by atomic mass is 16.5. The zero-order valence-electron chi connectivity index (χ0n) is 12.5. The van der Waals surface area contributed by atoms with Crippen molar-refractivity contribution < 1.29 is 18.7 Å². The quantitative estimate of drug-likeness (QED) is 0.859. The predicted octanol–water partition coefficient (Wildman–Crippen LogP) is 2.49. The molecule has 1 atom stereocenters. The van der Waals surface area contributed by atoms with E-state index in [0.29, 0.717) is 17.2 Å². The first kappa shape index (κ1) is 15.6. The Morgan fingerprint density at radius 3 is 2.68 bits per heavy atom. The monoisotopic (exact) mass is 302 g/mol. The zero-order chi connectivity index (χ0) is 15.9. The van der Waals surface area contributed by atoms with E-state index in [9.17, 15) is 9.59 Å². The fourth-order valence-corrected chi connectivity index (χ4v) is 1.92. The van der Waals surface area contributed by atoms with Crippen LogP contribution >= 0.6 is 0 Å². The van der Waals surface area contributed by atoms with Crippen molar-refractivity contribution in [2.24, 2.45) is 0 Å². The number of rotatable bonds is 6. The number of hydrogen-bond acceptors (Lipinski definition) is 4. The van der Waals surface area contributed by atoms with Crippen LogP contribution in [0, 0.1) is 0 Å². The Morgan fingerprint density at radius 1 is 1.23 bits per heavy atom. The lowest BCUT2D eigenvalue weighted by Crippen LogP contribution is -2.31. The average Bonchev–Trinajstić information content (AvgIpc) is 3.00. The molecule has 116 valence electrons. The lowest BCUT2D eigenvalue weighted by atomic mass is 10.2. The van der Waals surface area contributed by atoms with Crippen LogP contribution in [0.1, 0.15) is 25.6 Å². The van der Waals surface area contributed by atoms with E-state index in [1.165, 1.54) is 6.92 Å². The molecule has 0 aliphatic carbocycles. The minimum absolute atomic E-state index is 0.151. The molecule has 0 fully saturated rings. The van der Waals surface area contributed by atoms with Crippen LogP contribution in [0.3, 0.4) is 0 Å². The first-order chi connectivity index (χ1) is 10.6. The molecule has 2 amide bonds. The van der Waals surface area contributed by atoms with Gasteiger partial charge in [0, 0.05) is 6.92 Å². The molecular weight excluding hydrogens is 284 g/mol. The molecule has 0 saturated heterocycles. The van der Waals surface area contributed by atoms with Gasteiger partial charge in [-0.15, -0.1) is 0 Å². The minimum atomic E-state index is -0.276. The van der Waals surface area contributed by atoms with Crippen LogP contribution in [-0.2, 0) is 9.59 Å². The number of carbonyl (C=O) groups excluding carboxylic acids is 2. The van der Waals surface area contributed by atoms with Crippen molar-refractivity contribution in [1.82, 2.24) is 5.32 Å². The molecule has 0 unspecified atom stereocenters. The highest BCUT2D eigenvalue weighted by Gasteiger charge is 2.13. The van der Waals surface area contributed by atoms with E-state index >= 15 is 0 Å². The normalized spacial score (nSPS) is 11.5. The van der Waals surface area contributed by atoms with Crippen LogP contribution in [-0.4, -0.2) is 18.4 Å². The summed E-state index contributed by atoms with van der Waals surface area (Å²) in [4.78, 5) is 23.0. The first-order valence-electron chi connectivity index (χ1n) is 6.88. The van der Waals surface area contributed by atoms with Crippen molar-refractivity contribution in [3.05, 3.63) is 48.4 Å². The second-order valence-corrected chi connectivity index (χ2v) is 4.77. The van der Waals surface area contributed by atoms with Gasteiger partial charge in [0.25, 0.3) is 5.91 Å². The molecule has 2 aromatic rings. The van der Waals surface area contributed by atoms with Crippen LogP contribution in [0.2, 0.25) is 0 Å². The number of para-hydroxylation sites is 2. The Hall–Kier alpha value is -2.76. The maximum atomic E-state index is 11.9. The van der Waals surface area contributed by atoms with Gasteiger partial charge in [-0.3, -0.25) is 9.59 Å². The number of amides is 2. The third-order valence-corrected chi connectivity index (χ3v) is 2.90. The fraction of sp³-hybridized carbons (Fsp3) is 0.250. The van der Waals surface area contributed by atoms with E-state index in [4.69, 9.17) is 9.15 Å². The smallest absolute Gasteiger partial charge is 0.258 e. The van der Waals surface area contributed by atoms with Crippen molar-refractivity contribution in [2.45, 2.75) is 19.9 Å². The number of hydrogen-bond donors (Lipinski definition) is 2. The van der Waals surface area contributed by atoms with E-state index in [-0.39, 0.29) is 24.5 Å². The van der Waals surface area contributed by atoms with Gasteiger partial charge in [-0.25, -0.2) is 0 Å². The third kappa shape index (κ3) is 4.37. The largest absolute Gasteiger partial charge is 0.482 e. The molecule has 0 saturated carbocycles. The number of nitrogens with one attached hydrogen (secondary N) is 2. The van der Waals surface area contributed by atoms with Crippen molar-refractivity contribution >= 4 is 17.5 Å². The molecule has 0 aliphatic rings. The molecule has 2 rings (SSSR count). The van der Waals surface area contributed by atoms with Crippen LogP contribution in [0.15, 0.2) is 47.1 Å². The van der Waals surface area contributed by atoms with Crippen molar-refractivity contribution in [3.8, 4) is 5.75 Å². The summed E-state index contributed by atoms with van der Waals surface area (Å²) in [5.74, 6) is 0.638. The molecule has 6 heteroatoms. The van der Waals surface area contributed by atoms with Gasteiger partial charge < -0.3 is 19.8 Å². The van der Waals surface area contributed by atoms with Crippen LogP contribution in [0.4, 0.5) is 5.69 Å². The Kier molecular flexibility index (Phi) is 5.19. The van der Waals surface area contributed by atoms with E-state index in [1.54, 1.807) is 42.7 Å². The topological polar surface area (TPSA) is 80.6 Å². The highest BCUT2D eigenvalue weighted by molar-refractivity contribution is 5.90. The maximum Gasteiger partial charge on any atom is 0.258 e. The maximum absolute atomic E-state index is 11.9. The lowest BCUT2D eigenvalue weighted by Gasteiger charge is -2.14. The van der Waals surface area contributed by atoms with Gasteiger partial charge in [0.1, 0.15) is 11.5 Å². The molecule has 22 heavy (non-hydrogen) atoms. The zero-order valence-corrected chi connectivity index (χ0v) is 12.5. The number of furan rings is 1. The second-order valence-electron chi connectivity index (χ2n) is 4.77. The molecular formula is C16H18N2O4. The Labute approximate surface area is 128 Å². The molecule has 1 aromatic carbocycles. The van der Waals surface area contributed by atoms with Gasteiger partial charge in [0.05, 0.1) is 18.0 Å². The third-order valence-electron chi connectivity index (χ3n) is 2.90. The highest BCUT2D eigenvalue weighted by Crippen LogP contribution is 2.23. The summed E-state index contributed by atoms with van der Waals surface area (Å²) in [5, 5.41) is 5.42. The molecule has 0 spiro atoms. The van der Waals surface area contributed by atoms with E-state index in [0.717, 1.165) is 0 Å². The summed E-state index contributed by atoms with van der Waals surface area (Å²) in [6.45, 7) is 3.08. The second kappa shape index (κ2) is 7.31. The summed E-state index contributed by atoms with van der Waals surface area (Å²) in [6, 6.07) is 10.3. The first-order valence-corrected chi connectivity index (χ1v) is 6.88. The summed E-state index contributed by atoms with van der Waals surface area (Å²) in [7, 11) is 0. The number of ether oxygens (including phenoxy) is 1. The summed E-state index contributed by atoms with van der Waals surface area (Å²) >= 11 is 0. The van der Waals surface area contributed by atoms with E-state index < -0.39 is 0 Å². The Bertz CT molecular complexity index is 637. The molecule has 1 aromatic heterocycles. The predicted molar refractivity (Wildman–Crippen MR) is 81.5 cm³/mol. The minimum Gasteiger partial charge on any atom is -0.482 e. The SMILES string of the molecule is CC(=O)Nc1ccccc1OCC(=O)N[C@@H](C)c1ccco1. The molecule has 2 N–H and O–H groups in total. The Balaban J connectivity index is 1.90. The fourth-order valence-electron chi connectivity index (χ4n) is 1.92. The summed E-state index contributed by atoms with van der Waals surface area (Å²) in [5.41, 5.74) is 0.530. The molecule has 1 heterocycles. The number of anilines is 1. The van der Waals surface area contributed by atoms with Gasteiger partial charge in [0.15, 0.2) is 6.61 Å². The van der Waals surface area contributed by atoms with Crippen LogP contribution in [0.25, 0.3) is 0 Å². The molecule has 6 nitrogen and oxygen atoms in total. The van der Waals surface area contributed by atoms with E-state index in [1.807, 2.05) is 6.92 Å². The summed E-state index contributed by atoms with van der Waals surface area (Å²) < 4.78 is 10.7. The number of carbonyl (C=O) groups is 2. The lowest BCUT2D eigenvalue weighted by molar-refractivity contribution is -0.123. The van der Waals surface area contributed by atoms with Crippen LogP contribution < -0.4 is 15.4 Å². The standard InChI is InChI=1S/C16H18N2O4/c1-11(14-8-5-9-21-14)17-16(20)10-22-15-7-4-3-6-13(15)18-12(2)19/h3-9,11H,10H2,1-2H3,(H,17,20)(H,18,19)/t11-/m0/s1. The summed E-state index contributed by atoms with van der Waals surface area (Å²) in [6.07, 6.45) is 1.55. The van der Waals surface area contributed by atoms with Crippen LogP contribution in [0.5, 0.6) is 5.75 Å². The molecule has 0 radical (unpaired) electrons. The Morgan fingerprint density at radius 2 is 2.00 bits per heavy atom. The van der Waals surface area contributed by atoms with E-state index in [2.05, 4.69) is 10.6 Å². The van der Waals surface area contributed by atoms with Gasteiger partial charge in [-0.1, -0.05) is 12.1 Å². The molecule has 0 bridgehead atoms. The van der Waals surface area contributed by atoms with Crippen molar-refractivity contribution in [2.75, 3.05) is 11.9 Å². The van der Waals surface area contributed by atoms with Gasteiger partial charge in [0.2, 0.25) is 5.91 Å². The van der Waals surface area contributed by atoms with Gasteiger partial charge in [-0.05, 0) is 31.2 Å². The number of benzene rings is 1. The van der Waals surface area contributed by atoms with Gasteiger partial charge in [-0.2, -0.15) is 0 Å².